The molecular weight excluding hydrogens is 300 g/mol. The molecule has 2 saturated carbocycles. The number of benzene rings is 1. The van der Waals surface area contributed by atoms with Crippen LogP contribution < -0.4 is 0 Å². The molecule has 0 saturated heterocycles. The van der Waals surface area contributed by atoms with Crippen LogP contribution in [0.15, 0.2) is 34.5 Å². The van der Waals surface area contributed by atoms with E-state index in [1.54, 1.807) is 0 Å². The SMILES string of the molecule is CCOC(=O)c1ccc([C@@H]2C[C@]3(C)N=N[C@@]2(C)C32CCCC2)cc1. The van der Waals surface area contributed by atoms with Crippen LogP contribution in [0.3, 0.4) is 0 Å². The van der Waals surface area contributed by atoms with Gasteiger partial charge in [-0.15, -0.1) is 0 Å². The van der Waals surface area contributed by atoms with Gasteiger partial charge in [0.2, 0.25) is 0 Å². The van der Waals surface area contributed by atoms with Crippen molar-refractivity contribution in [3.05, 3.63) is 35.4 Å². The van der Waals surface area contributed by atoms with Gasteiger partial charge < -0.3 is 4.74 Å². The normalized spacial score (nSPS) is 35.7. The van der Waals surface area contributed by atoms with E-state index >= 15 is 0 Å². The molecule has 1 aromatic carbocycles. The summed E-state index contributed by atoms with van der Waals surface area (Å²) in [4.78, 5) is 11.9. The maximum Gasteiger partial charge on any atom is 0.338 e. The Balaban J connectivity index is 1.66. The molecule has 2 fully saturated rings. The number of hydrogen-bond acceptors (Lipinski definition) is 4. The van der Waals surface area contributed by atoms with E-state index in [2.05, 4.69) is 26.0 Å². The van der Waals surface area contributed by atoms with Gasteiger partial charge in [-0.05, 0) is 57.7 Å². The molecule has 1 aliphatic heterocycles. The van der Waals surface area contributed by atoms with Crippen LogP contribution in [0.1, 0.15) is 74.7 Å². The van der Waals surface area contributed by atoms with E-state index in [4.69, 9.17) is 15.0 Å². The minimum atomic E-state index is -0.248. The zero-order chi connectivity index (χ0) is 17.0. The van der Waals surface area contributed by atoms with Crippen molar-refractivity contribution in [3.8, 4) is 0 Å². The maximum atomic E-state index is 11.9. The van der Waals surface area contributed by atoms with Crippen LogP contribution in [-0.4, -0.2) is 23.7 Å². The lowest BCUT2D eigenvalue weighted by Gasteiger charge is -2.40. The molecule has 0 aromatic heterocycles. The zero-order valence-electron chi connectivity index (χ0n) is 14.8. The zero-order valence-corrected chi connectivity index (χ0v) is 14.8. The summed E-state index contributed by atoms with van der Waals surface area (Å²) in [6.45, 7) is 6.85. The van der Waals surface area contributed by atoms with Gasteiger partial charge in [-0.1, -0.05) is 25.0 Å². The van der Waals surface area contributed by atoms with Crippen molar-refractivity contribution in [3.63, 3.8) is 0 Å². The van der Waals surface area contributed by atoms with Crippen LogP contribution in [0.2, 0.25) is 0 Å². The third kappa shape index (κ3) is 1.83. The molecule has 4 rings (SSSR count). The molecule has 1 aromatic rings. The van der Waals surface area contributed by atoms with Gasteiger partial charge in [0.05, 0.1) is 23.2 Å². The van der Waals surface area contributed by atoms with E-state index in [1.807, 2.05) is 19.1 Å². The molecule has 3 atom stereocenters. The summed E-state index contributed by atoms with van der Waals surface area (Å²) < 4.78 is 5.08. The van der Waals surface area contributed by atoms with Gasteiger partial charge in [0.1, 0.15) is 0 Å². The first-order chi connectivity index (χ1) is 11.5. The van der Waals surface area contributed by atoms with Crippen molar-refractivity contribution in [1.29, 1.82) is 0 Å². The molecule has 0 N–H and O–H groups in total. The molecular formula is C20H26N2O2. The Morgan fingerprint density at radius 2 is 1.83 bits per heavy atom. The minimum Gasteiger partial charge on any atom is -0.462 e. The molecule has 3 aliphatic rings. The summed E-state index contributed by atoms with van der Waals surface area (Å²) in [5.41, 5.74) is 1.99. The monoisotopic (exact) mass is 326 g/mol. The Morgan fingerprint density at radius 1 is 1.17 bits per heavy atom. The molecule has 0 amide bonds. The molecule has 24 heavy (non-hydrogen) atoms. The highest BCUT2D eigenvalue weighted by atomic mass is 16.5. The standard InChI is InChI=1S/C20H26N2O2/c1-4-24-17(23)15-9-7-14(8-10-15)16-13-18(2)20(11-5-6-12-20)19(16,3)22-21-18/h7-10,16H,4-6,11-13H2,1-3H3/t16-,18-,19+/m0/s1. The number of hydrogen-bond donors (Lipinski definition) is 0. The van der Waals surface area contributed by atoms with Crippen LogP contribution in [-0.2, 0) is 4.74 Å². The molecule has 4 nitrogen and oxygen atoms in total. The van der Waals surface area contributed by atoms with Gasteiger partial charge in [-0.3, -0.25) is 0 Å². The second-order valence-corrected chi connectivity index (χ2v) is 8.01. The summed E-state index contributed by atoms with van der Waals surface area (Å²) >= 11 is 0. The Hall–Kier alpha value is -1.71. The molecule has 0 unspecified atom stereocenters. The topological polar surface area (TPSA) is 51.0 Å². The fourth-order valence-corrected chi connectivity index (χ4v) is 5.72. The third-order valence-corrected chi connectivity index (χ3v) is 7.04. The largest absolute Gasteiger partial charge is 0.462 e. The molecule has 0 radical (unpaired) electrons. The first-order valence-electron chi connectivity index (χ1n) is 9.17. The van der Waals surface area contributed by atoms with Crippen molar-refractivity contribution in [2.75, 3.05) is 6.61 Å². The Labute approximate surface area is 143 Å². The molecule has 1 heterocycles. The van der Waals surface area contributed by atoms with Crippen molar-refractivity contribution >= 4 is 5.97 Å². The number of carbonyl (C=O) groups is 1. The quantitative estimate of drug-likeness (QED) is 0.742. The van der Waals surface area contributed by atoms with Crippen LogP contribution >= 0.6 is 0 Å². The van der Waals surface area contributed by atoms with Gasteiger partial charge in [0, 0.05) is 11.3 Å². The van der Waals surface area contributed by atoms with Crippen molar-refractivity contribution in [2.24, 2.45) is 15.6 Å². The van der Waals surface area contributed by atoms with Gasteiger partial charge in [-0.25, -0.2) is 4.79 Å². The molecule has 2 aliphatic carbocycles. The maximum absolute atomic E-state index is 11.9. The average molecular weight is 326 g/mol. The smallest absolute Gasteiger partial charge is 0.338 e. The van der Waals surface area contributed by atoms with Gasteiger partial charge >= 0.3 is 5.97 Å². The fourth-order valence-electron chi connectivity index (χ4n) is 5.72. The first-order valence-corrected chi connectivity index (χ1v) is 9.17. The highest BCUT2D eigenvalue weighted by Gasteiger charge is 2.72. The van der Waals surface area contributed by atoms with E-state index < -0.39 is 0 Å². The van der Waals surface area contributed by atoms with Crippen LogP contribution in [0.25, 0.3) is 0 Å². The predicted molar refractivity (Wildman–Crippen MR) is 92.3 cm³/mol. The third-order valence-electron chi connectivity index (χ3n) is 7.04. The van der Waals surface area contributed by atoms with Crippen LogP contribution in [0.5, 0.6) is 0 Å². The van der Waals surface area contributed by atoms with E-state index in [0.717, 1.165) is 6.42 Å². The number of ether oxygens (including phenoxy) is 1. The summed E-state index contributed by atoms with van der Waals surface area (Å²) in [5, 5.41) is 9.56. The average Bonchev–Trinajstić information content (AvgIpc) is 3.21. The fraction of sp³-hybridized carbons (Fsp3) is 0.650. The Morgan fingerprint density at radius 3 is 2.46 bits per heavy atom. The van der Waals surface area contributed by atoms with Crippen molar-refractivity contribution in [1.82, 2.24) is 0 Å². The lowest BCUT2D eigenvalue weighted by molar-refractivity contribution is 0.0526. The van der Waals surface area contributed by atoms with E-state index in [1.165, 1.54) is 31.2 Å². The van der Waals surface area contributed by atoms with Crippen molar-refractivity contribution in [2.45, 2.75) is 69.9 Å². The molecule has 2 bridgehead atoms. The second-order valence-electron chi connectivity index (χ2n) is 8.01. The van der Waals surface area contributed by atoms with Crippen LogP contribution in [0.4, 0.5) is 0 Å². The van der Waals surface area contributed by atoms with E-state index in [0.29, 0.717) is 18.1 Å². The lowest BCUT2D eigenvalue weighted by Crippen LogP contribution is -2.45. The van der Waals surface area contributed by atoms with Crippen molar-refractivity contribution < 1.29 is 9.53 Å². The number of rotatable bonds is 3. The molecule has 4 heteroatoms. The lowest BCUT2D eigenvalue weighted by atomic mass is 9.64. The number of azo groups is 1. The van der Waals surface area contributed by atoms with Crippen LogP contribution in [0, 0.1) is 5.41 Å². The second kappa shape index (κ2) is 5.14. The minimum absolute atomic E-state index is 0.0251. The Bertz CT molecular complexity index is 690. The number of esters is 1. The van der Waals surface area contributed by atoms with E-state index in [9.17, 15) is 4.79 Å². The van der Waals surface area contributed by atoms with Gasteiger partial charge in [-0.2, -0.15) is 10.2 Å². The van der Waals surface area contributed by atoms with Gasteiger partial charge in [0.25, 0.3) is 0 Å². The molecule has 1 spiro atoms. The summed E-state index contributed by atoms with van der Waals surface area (Å²) in [5.74, 6) is 0.136. The number of carbonyl (C=O) groups excluding carboxylic acids is 1. The highest BCUT2D eigenvalue weighted by Crippen LogP contribution is 2.72. The summed E-state index contributed by atoms with van der Waals surface area (Å²) in [6, 6.07) is 7.96. The molecule has 128 valence electrons. The highest BCUT2D eigenvalue weighted by molar-refractivity contribution is 5.89. The summed E-state index contributed by atoms with van der Waals surface area (Å²) in [6.07, 6.45) is 6.13. The number of nitrogens with zero attached hydrogens (tertiary/aromatic N) is 2. The van der Waals surface area contributed by atoms with Gasteiger partial charge in [0.15, 0.2) is 0 Å². The summed E-state index contributed by atoms with van der Waals surface area (Å²) in [7, 11) is 0. The van der Waals surface area contributed by atoms with E-state index in [-0.39, 0.29) is 22.5 Å². The predicted octanol–water partition coefficient (Wildman–Crippen LogP) is 4.89. The first kappa shape index (κ1) is 15.8. The Kier molecular flexibility index (Phi) is 3.38.